The SMILES string of the molecule is Cc1ccccc1Cc1nc(C(=O)N[C@@H]2COc3ccc(C#CC(C)(C)O)cc3N(C)C2=O)n[nH]1. The molecule has 1 aliphatic rings. The van der Waals surface area contributed by atoms with Crippen LogP contribution in [0.15, 0.2) is 42.5 Å². The number of hydrogen-bond acceptors (Lipinski definition) is 6. The molecule has 0 aliphatic carbocycles. The number of nitrogens with one attached hydrogen (secondary N) is 2. The molecule has 0 spiro atoms. The molecule has 2 heterocycles. The number of anilines is 1. The van der Waals surface area contributed by atoms with E-state index in [1.165, 1.54) is 4.90 Å². The van der Waals surface area contributed by atoms with E-state index in [9.17, 15) is 14.7 Å². The molecule has 0 radical (unpaired) electrons. The van der Waals surface area contributed by atoms with E-state index in [2.05, 4.69) is 32.3 Å². The van der Waals surface area contributed by atoms with E-state index in [1.807, 2.05) is 31.2 Å². The minimum atomic E-state index is -1.14. The average Bonchev–Trinajstić information content (AvgIpc) is 3.25. The quantitative estimate of drug-likeness (QED) is 0.499. The molecule has 2 amide bonds. The van der Waals surface area contributed by atoms with Crippen molar-refractivity contribution < 1.29 is 19.4 Å². The van der Waals surface area contributed by atoms with E-state index in [-0.39, 0.29) is 18.3 Å². The highest BCUT2D eigenvalue weighted by Gasteiger charge is 2.31. The first-order valence-corrected chi connectivity index (χ1v) is 11.2. The summed E-state index contributed by atoms with van der Waals surface area (Å²) in [7, 11) is 1.61. The molecule has 9 heteroatoms. The third-order valence-corrected chi connectivity index (χ3v) is 5.53. The molecule has 3 N–H and O–H groups in total. The van der Waals surface area contributed by atoms with Gasteiger partial charge in [0.05, 0.1) is 5.69 Å². The highest BCUT2D eigenvalue weighted by atomic mass is 16.5. The fourth-order valence-corrected chi connectivity index (χ4v) is 3.59. The first-order valence-electron chi connectivity index (χ1n) is 11.2. The van der Waals surface area contributed by atoms with Gasteiger partial charge in [-0.05, 0) is 50.1 Å². The number of amides is 2. The third kappa shape index (κ3) is 5.67. The van der Waals surface area contributed by atoms with Crippen LogP contribution in [-0.2, 0) is 11.2 Å². The number of benzene rings is 2. The third-order valence-electron chi connectivity index (χ3n) is 5.53. The molecule has 0 fully saturated rings. The van der Waals surface area contributed by atoms with Gasteiger partial charge in [-0.3, -0.25) is 14.7 Å². The molecule has 0 bridgehead atoms. The molecule has 0 saturated heterocycles. The summed E-state index contributed by atoms with van der Waals surface area (Å²) in [5, 5.41) is 19.3. The van der Waals surface area contributed by atoms with Crippen molar-refractivity contribution in [2.75, 3.05) is 18.6 Å². The van der Waals surface area contributed by atoms with Crippen molar-refractivity contribution in [3.05, 3.63) is 70.8 Å². The number of carbonyl (C=O) groups excluding carboxylic acids is 2. The van der Waals surface area contributed by atoms with Crippen LogP contribution in [0.5, 0.6) is 5.75 Å². The normalized spacial score (nSPS) is 15.4. The number of aliphatic hydroxyl groups is 1. The second-order valence-electron chi connectivity index (χ2n) is 8.93. The zero-order valence-corrected chi connectivity index (χ0v) is 20.0. The second kappa shape index (κ2) is 9.60. The van der Waals surface area contributed by atoms with Crippen molar-refractivity contribution in [2.24, 2.45) is 0 Å². The second-order valence-corrected chi connectivity index (χ2v) is 8.93. The molecule has 0 saturated carbocycles. The lowest BCUT2D eigenvalue weighted by atomic mass is 10.1. The Morgan fingerprint density at radius 3 is 2.83 bits per heavy atom. The van der Waals surface area contributed by atoms with E-state index in [0.717, 1.165) is 11.1 Å². The molecule has 4 rings (SSSR count). The number of aryl methyl sites for hydroxylation is 1. The minimum Gasteiger partial charge on any atom is -0.489 e. The molecule has 0 unspecified atom stereocenters. The summed E-state index contributed by atoms with van der Waals surface area (Å²) in [6.45, 7) is 5.15. The summed E-state index contributed by atoms with van der Waals surface area (Å²) in [5.41, 5.74) is 2.20. The van der Waals surface area contributed by atoms with Crippen molar-refractivity contribution in [1.82, 2.24) is 20.5 Å². The molecular formula is C26H27N5O4. The minimum absolute atomic E-state index is 0.0445. The number of aromatic amines is 1. The van der Waals surface area contributed by atoms with Crippen molar-refractivity contribution in [3.63, 3.8) is 0 Å². The van der Waals surface area contributed by atoms with Gasteiger partial charge in [0, 0.05) is 19.0 Å². The van der Waals surface area contributed by atoms with Crippen LogP contribution < -0.4 is 15.0 Å². The zero-order valence-electron chi connectivity index (χ0n) is 20.0. The van der Waals surface area contributed by atoms with E-state index < -0.39 is 17.6 Å². The smallest absolute Gasteiger partial charge is 0.291 e. The molecule has 9 nitrogen and oxygen atoms in total. The van der Waals surface area contributed by atoms with Crippen LogP contribution in [0.25, 0.3) is 0 Å². The Morgan fingerprint density at radius 1 is 1.31 bits per heavy atom. The van der Waals surface area contributed by atoms with Crippen LogP contribution in [0.1, 0.15) is 47.0 Å². The van der Waals surface area contributed by atoms with Crippen molar-refractivity contribution in [2.45, 2.75) is 38.8 Å². The topological polar surface area (TPSA) is 120 Å². The number of ether oxygens (including phenoxy) is 1. The maximum absolute atomic E-state index is 13.1. The van der Waals surface area contributed by atoms with Gasteiger partial charge < -0.3 is 20.1 Å². The van der Waals surface area contributed by atoms with Gasteiger partial charge in [-0.25, -0.2) is 4.98 Å². The number of fused-ring (bicyclic) bond motifs is 1. The van der Waals surface area contributed by atoms with Crippen LogP contribution in [0, 0.1) is 18.8 Å². The Hall–Kier alpha value is -4.16. The monoisotopic (exact) mass is 473 g/mol. The fourth-order valence-electron chi connectivity index (χ4n) is 3.59. The average molecular weight is 474 g/mol. The molecule has 3 aromatic rings. The van der Waals surface area contributed by atoms with Crippen LogP contribution in [0.3, 0.4) is 0 Å². The lowest BCUT2D eigenvalue weighted by Gasteiger charge is -2.20. The standard InChI is InChI=1S/C26H27N5O4/c1-16-7-5-6-8-18(16)14-22-28-23(30-29-22)24(32)27-19-15-35-21-10-9-17(11-12-26(2,3)34)13-20(21)31(4)25(19)33/h5-10,13,19,34H,14-15H2,1-4H3,(H,27,32)(H,28,29,30)/t19-/m1/s1. The first kappa shape index (κ1) is 24.0. The van der Waals surface area contributed by atoms with Gasteiger partial charge in [-0.1, -0.05) is 36.1 Å². The van der Waals surface area contributed by atoms with Gasteiger partial charge in [0.15, 0.2) is 0 Å². The van der Waals surface area contributed by atoms with Gasteiger partial charge in [0.2, 0.25) is 5.82 Å². The Balaban J connectivity index is 1.46. The van der Waals surface area contributed by atoms with Gasteiger partial charge in [0.1, 0.15) is 29.8 Å². The van der Waals surface area contributed by atoms with Crippen LogP contribution >= 0.6 is 0 Å². The van der Waals surface area contributed by atoms with Gasteiger partial charge >= 0.3 is 0 Å². The summed E-state index contributed by atoms with van der Waals surface area (Å²) in [6.07, 6.45) is 0.509. The first-order chi connectivity index (χ1) is 16.6. The van der Waals surface area contributed by atoms with Crippen LogP contribution in [-0.4, -0.2) is 57.4 Å². The van der Waals surface area contributed by atoms with E-state index in [0.29, 0.717) is 29.2 Å². The Labute approximate surface area is 203 Å². The molecule has 35 heavy (non-hydrogen) atoms. The number of nitrogens with zero attached hydrogens (tertiary/aromatic N) is 3. The zero-order chi connectivity index (χ0) is 25.2. The van der Waals surface area contributed by atoms with Crippen LogP contribution in [0.4, 0.5) is 5.69 Å². The van der Waals surface area contributed by atoms with Gasteiger partial charge in [-0.15, -0.1) is 5.10 Å². The molecule has 180 valence electrons. The summed E-state index contributed by atoms with van der Waals surface area (Å²) in [6, 6.07) is 12.2. The number of hydrogen-bond donors (Lipinski definition) is 3. The van der Waals surface area contributed by atoms with Crippen molar-refractivity contribution >= 4 is 17.5 Å². The largest absolute Gasteiger partial charge is 0.489 e. The number of likely N-dealkylation sites (N-methyl/N-ethyl adjacent to an activating group) is 1. The van der Waals surface area contributed by atoms with Gasteiger partial charge in [0.25, 0.3) is 11.8 Å². The highest BCUT2D eigenvalue weighted by molar-refractivity contribution is 6.02. The molecule has 1 aromatic heterocycles. The van der Waals surface area contributed by atoms with E-state index in [1.54, 1.807) is 39.1 Å². The number of rotatable bonds is 4. The van der Waals surface area contributed by atoms with Crippen molar-refractivity contribution in [3.8, 4) is 17.6 Å². The fraction of sp³-hybridized carbons (Fsp3) is 0.308. The van der Waals surface area contributed by atoms with E-state index >= 15 is 0 Å². The Morgan fingerprint density at radius 2 is 2.09 bits per heavy atom. The highest BCUT2D eigenvalue weighted by Crippen LogP contribution is 2.31. The predicted octanol–water partition coefficient (Wildman–Crippen LogP) is 1.98. The number of H-pyrrole nitrogens is 1. The molecule has 1 atom stereocenters. The maximum Gasteiger partial charge on any atom is 0.291 e. The summed E-state index contributed by atoms with van der Waals surface area (Å²) >= 11 is 0. The molecule has 1 aliphatic heterocycles. The number of carbonyl (C=O) groups is 2. The molecular weight excluding hydrogens is 446 g/mol. The summed E-state index contributed by atoms with van der Waals surface area (Å²) < 4.78 is 5.81. The van der Waals surface area contributed by atoms with Gasteiger partial charge in [-0.2, -0.15) is 0 Å². The summed E-state index contributed by atoms with van der Waals surface area (Å²) in [5.74, 6) is 5.72. The summed E-state index contributed by atoms with van der Waals surface area (Å²) in [4.78, 5) is 31.6. The number of aromatic nitrogens is 3. The molecule has 2 aromatic carbocycles. The van der Waals surface area contributed by atoms with Crippen molar-refractivity contribution in [1.29, 1.82) is 0 Å². The lowest BCUT2D eigenvalue weighted by Crippen LogP contribution is -2.49. The Kier molecular flexibility index (Phi) is 6.58. The maximum atomic E-state index is 13.1. The predicted molar refractivity (Wildman–Crippen MR) is 130 cm³/mol. The van der Waals surface area contributed by atoms with E-state index in [4.69, 9.17) is 4.74 Å². The lowest BCUT2D eigenvalue weighted by molar-refractivity contribution is -0.120. The Bertz CT molecular complexity index is 1330. The van der Waals surface area contributed by atoms with Crippen LogP contribution in [0.2, 0.25) is 0 Å².